The highest BCUT2D eigenvalue weighted by atomic mass is 16.5. The second-order valence-corrected chi connectivity index (χ2v) is 5.47. The fourth-order valence-corrected chi connectivity index (χ4v) is 2.80. The van der Waals surface area contributed by atoms with Crippen LogP contribution in [0.1, 0.15) is 44.2 Å². The van der Waals surface area contributed by atoms with Crippen LogP contribution in [0, 0.1) is 0 Å². The molecule has 2 heterocycles. The van der Waals surface area contributed by atoms with Gasteiger partial charge in [-0.05, 0) is 43.4 Å². The number of hydrogen-bond donors (Lipinski definition) is 1. The van der Waals surface area contributed by atoms with Gasteiger partial charge in [0, 0.05) is 32.6 Å². The van der Waals surface area contributed by atoms with E-state index >= 15 is 0 Å². The lowest BCUT2D eigenvalue weighted by Crippen LogP contribution is -2.40. The molecular weight excluding hydrogens is 266 g/mol. The van der Waals surface area contributed by atoms with Crippen LogP contribution in [-0.2, 0) is 4.74 Å². The number of hydrogen-bond acceptors (Lipinski definition) is 3. The highest BCUT2D eigenvalue weighted by Crippen LogP contribution is 2.22. The van der Waals surface area contributed by atoms with Crippen LogP contribution in [0.3, 0.4) is 0 Å². The predicted molar refractivity (Wildman–Crippen MR) is 82.0 cm³/mol. The summed E-state index contributed by atoms with van der Waals surface area (Å²) in [7, 11) is 1.84. The van der Waals surface area contributed by atoms with Gasteiger partial charge in [0.05, 0.1) is 12.1 Å². The summed E-state index contributed by atoms with van der Waals surface area (Å²) in [6.07, 6.45) is 7.87. The van der Waals surface area contributed by atoms with Gasteiger partial charge < -0.3 is 15.0 Å². The number of pyridine rings is 1. The lowest BCUT2D eigenvalue weighted by atomic mass is 10.1. The van der Waals surface area contributed by atoms with E-state index < -0.39 is 0 Å². The van der Waals surface area contributed by atoms with E-state index in [9.17, 15) is 4.79 Å². The second-order valence-electron chi connectivity index (χ2n) is 5.47. The number of ether oxygens (including phenoxy) is 1. The number of urea groups is 1. The van der Waals surface area contributed by atoms with E-state index in [-0.39, 0.29) is 12.1 Å². The van der Waals surface area contributed by atoms with Gasteiger partial charge in [0.15, 0.2) is 0 Å². The van der Waals surface area contributed by atoms with E-state index in [4.69, 9.17) is 4.74 Å². The van der Waals surface area contributed by atoms with Crippen molar-refractivity contribution in [2.45, 2.75) is 44.8 Å². The van der Waals surface area contributed by atoms with Crippen molar-refractivity contribution in [2.24, 2.45) is 0 Å². The monoisotopic (exact) mass is 291 g/mol. The van der Waals surface area contributed by atoms with Crippen LogP contribution in [0.5, 0.6) is 0 Å². The first-order valence-electron chi connectivity index (χ1n) is 7.74. The molecule has 2 amide bonds. The topological polar surface area (TPSA) is 54.5 Å². The van der Waals surface area contributed by atoms with Gasteiger partial charge in [-0.1, -0.05) is 6.92 Å². The van der Waals surface area contributed by atoms with E-state index in [1.165, 1.54) is 0 Å². The fourth-order valence-electron chi connectivity index (χ4n) is 2.80. The molecule has 1 aromatic heterocycles. The number of amides is 2. The first-order chi connectivity index (χ1) is 10.2. The molecule has 0 spiro atoms. The Morgan fingerprint density at radius 2 is 2.29 bits per heavy atom. The molecule has 21 heavy (non-hydrogen) atoms. The molecule has 1 aliphatic rings. The Bertz CT molecular complexity index is 432. The van der Waals surface area contributed by atoms with Crippen molar-refractivity contribution in [3.05, 3.63) is 30.1 Å². The van der Waals surface area contributed by atoms with Crippen molar-refractivity contribution < 1.29 is 9.53 Å². The smallest absolute Gasteiger partial charge is 0.317 e. The molecule has 2 rings (SSSR count). The van der Waals surface area contributed by atoms with E-state index in [0.717, 1.165) is 37.9 Å². The standard InChI is InChI=1S/C16H25N3O2/c1-3-15(13-6-9-17-10-7-13)19(2)16(20)18-11-8-14-5-4-12-21-14/h6-7,9-10,14-15H,3-5,8,11-12H2,1-2H3,(H,18,20)/t14-,15+/m1/s1. The van der Waals surface area contributed by atoms with Crippen molar-refractivity contribution in [3.63, 3.8) is 0 Å². The molecular formula is C16H25N3O2. The minimum absolute atomic E-state index is 0.0309. The average Bonchev–Trinajstić information content (AvgIpc) is 3.02. The van der Waals surface area contributed by atoms with Gasteiger partial charge in [0.1, 0.15) is 0 Å². The molecule has 0 radical (unpaired) electrons. The predicted octanol–water partition coefficient (Wildman–Crippen LogP) is 2.74. The normalized spacial score (nSPS) is 19.2. The number of nitrogens with one attached hydrogen (secondary N) is 1. The Morgan fingerprint density at radius 1 is 1.52 bits per heavy atom. The van der Waals surface area contributed by atoms with Crippen molar-refractivity contribution in [2.75, 3.05) is 20.2 Å². The molecule has 1 aromatic rings. The van der Waals surface area contributed by atoms with E-state index in [0.29, 0.717) is 12.6 Å². The van der Waals surface area contributed by atoms with Gasteiger partial charge in [0.25, 0.3) is 0 Å². The number of nitrogens with zero attached hydrogens (tertiary/aromatic N) is 2. The SMILES string of the molecule is CC[C@@H](c1ccncc1)N(C)C(=O)NCC[C@H]1CCCO1. The summed E-state index contributed by atoms with van der Waals surface area (Å²) in [5.41, 5.74) is 1.12. The van der Waals surface area contributed by atoms with Crippen molar-refractivity contribution in [1.29, 1.82) is 0 Å². The Balaban J connectivity index is 1.82. The third-order valence-electron chi connectivity index (χ3n) is 4.03. The number of rotatable bonds is 6. The van der Waals surface area contributed by atoms with Crippen LogP contribution in [0.4, 0.5) is 4.79 Å². The first kappa shape index (κ1) is 15.8. The maximum atomic E-state index is 12.2. The summed E-state index contributed by atoms with van der Waals surface area (Å²) >= 11 is 0. The minimum Gasteiger partial charge on any atom is -0.378 e. The number of carbonyl (C=O) groups excluding carboxylic acids is 1. The third-order valence-corrected chi connectivity index (χ3v) is 4.03. The third kappa shape index (κ3) is 4.43. The Labute approximate surface area is 126 Å². The van der Waals surface area contributed by atoms with Crippen molar-refractivity contribution in [1.82, 2.24) is 15.2 Å². The maximum absolute atomic E-state index is 12.2. The van der Waals surface area contributed by atoms with Crippen LogP contribution >= 0.6 is 0 Å². The summed E-state index contributed by atoms with van der Waals surface area (Å²) < 4.78 is 5.56. The summed E-state index contributed by atoms with van der Waals surface area (Å²) in [5.74, 6) is 0. The van der Waals surface area contributed by atoms with Crippen LogP contribution in [0.25, 0.3) is 0 Å². The summed E-state index contributed by atoms with van der Waals surface area (Å²) in [6.45, 7) is 3.61. The highest BCUT2D eigenvalue weighted by Gasteiger charge is 2.20. The Kier molecular flexibility index (Phi) is 5.99. The molecule has 0 bridgehead atoms. The quantitative estimate of drug-likeness (QED) is 0.877. The first-order valence-corrected chi connectivity index (χ1v) is 7.74. The number of aromatic nitrogens is 1. The van der Waals surface area contributed by atoms with Gasteiger partial charge in [0.2, 0.25) is 0 Å². The Morgan fingerprint density at radius 3 is 2.90 bits per heavy atom. The maximum Gasteiger partial charge on any atom is 0.317 e. The molecule has 116 valence electrons. The van der Waals surface area contributed by atoms with Gasteiger partial charge in [-0.2, -0.15) is 0 Å². The molecule has 1 saturated heterocycles. The fraction of sp³-hybridized carbons (Fsp3) is 0.625. The Hall–Kier alpha value is -1.62. The lowest BCUT2D eigenvalue weighted by molar-refractivity contribution is 0.104. The highest BCUT2D eigenvalue weighted by molar-refractivity contribution is 5.74. The molecule has 0 unspecified atom stereocenters. The van der Waals surface area contributed by atoms with Crippen molar-refractivity contribution >= 4 is 6.03 Å². The molecule has 0 aromatic carbocycles. The van der Waals surface area contributed by atoms with E-state index in [1.54, 1.807) is 17.3 Å². The van der Waals surface area contributed by atoms with Crippen LogP contribution in [0.2, 0.25) is 0 Å². The summed E-state index contributed by atoms with van der Waals surface area (Å²) in [5, 5.41) is 2.99. The van der Waals surface area contributed by atoms with Crippen LogP contribution in [0.15, 0.2) is 24.5 Å². The average molecular weight is 291 g/mol. The molecule has 5 heteroatoms. The van der Waals surface area contributed by atoms with Gasteiger partial charge in [-0.25, -0.2) is 4.79 Å². The lowest BCUT2D eigenvalue weighted by Gasteiger charge is -2.28. The summed E-state index contributed by atoms with van der Waals surface area (Å²) in [6, 6.07) is 3.97. The largest absolute Gasteiger partial charge is 0.378 e. The zero-order valence-corrected chi connectivity index (χ0v) is 12.9. The molecule has 2 atom stereocenters. The molecule has 1 fully saturated rings. The molecule has 1 N–H and O–H groups in total. The van der Waals surface area contributed by atoms with Gasteiger partial charge in [-0.15, -0.1) is 0 Å². The van der Waals surface area contributed by atoms with E-state index in [2.05, 4.69) is 17.2 Å². The molecule has 0 aliphatic carbocycles. The zero-order valence-electron chi connectivity index (χ0n) is 12.9. The second kappa shape index (κ2) is 7.98. The minimum atomic E-state index is -0.0309. The molecule has 1 aliphatic heterocycles. The molecule has 5 nitrogen and oxygen atoms in total. The summed E-state index contributed by atoms with van der Waals surface area (Å²) in [4.78, 5) is 18.0. The van der Waals surface area contributed by atoms with Gasteiger partial charge >= 0.3 is 6.03 Å². The van der Waals surface area contributed by atoms with Crippen molar-refractivity contribution in [3.8, 4) is 0 Å². The zero-order chi connectivity index (χ0) is 15.1. The van der Waals surface area contributed by atoms with Gasteiger partial charge in [-0.3, -0.25) is 4.98 Å². The molecule has 0 saturated carbocycles. The van der Waals surface area contributed by atoms with Crippen LogP contribution < -0.4 is 5.32 Å². The van der Waals surface area contributed by atoms with Crippen LogP contribution in [-0.4, -0.2) is 42.2 Å². The number of carbonyl (C=O) groups is 1. The van der Waals surface area contributed by atoms with E-state index in [1.807, 2.05) is 19.2 Å².